The smallest absolute Gasteiger partial charge is 0.369 e. The predicted molar refractivity (Wildman–Crippen MR) is 93.9 cm³/mol. The van der Waals surface area contributed by atoms with Crippen molar-refractivity contribution in [3.8, 4) is 0 Å². The van der Waals surface area contributed by atoms with Crippen LogP contribution >= 0.6 is 15.9 Å². The van der Waals surface area contributed by atoms with E-state index in [4.69, 9.17) is 4.74 Å². The van der Waals surface area contributed by atoms with Gasteiger partial charge in [0.05, 0.1) is 18.3 Å². The summed E-state index contributed by atoms with van der Waals surface area (Å²) in [7, 11) is 0. The highest BCUT2D eigenvalue weighted by atomic mass is 79.9. The average Bonchev–Trinajstić information content (AvgIpc) is 2.54. The molecule has 134 valence electrons. The summed E-state index contributed by atoms with van der Waals surface area (Å²) >= 11 is 3.17. The highest BCUT2D eigenvalue weighted by Gasteiger charge is 2.30. The van der Waals surface area contributed by atoms with E-state index in [2.05, 4.69) is 15.9 Å². The van der Waals surface area contributed by atoms with Crippen LogP contribution in [0.4, 0.5) is 13.2 Å². The second-order valence-electron chi connectivity index (χ2n) is 5.97. The van der Waals surface area contributed by atoms with Crippen LogP contribution < -0.4 is 0 Å². The summed E-state index contributed by atoms with van der Waals surface area (Å²) < 4.78 is 44.3. The van der Waals surface area contributed by atoms with Crippen LogP contribution in [0.1, 0.15) is 25.0 Å². The number of carbonyl (C=O) groups excluding carboxylic acids is 1. The maximum absolute atomic E-state index is 12.7. The van der Waals surface area contributed by atoms with Gasteiger partial charge in [0.15, 0.2) is 0 Å². The van der Waals surface area contributed by atoms with Gasteiger partial charge in [-0.25, -0.2) is 0 Å². The molecule has 0 fully saturated rings. The van der Waals surface area contributed by atoms with Gasteiger partial charge in [-0.3, -0.25) is 4.79 Å². The monoisotopic (exact) mass is 414 g/mol. The Labute approximate surface area is 153 Å². The Balaban J connectivity index is 2.01. The summed E-state index contributed by atoms with van der Waals surface area (Å²) in [5, 5.41) is 0. The van der Waals surface area contributed by atoms with Crippen molar-refractivity contribution in [1.82, 2.24) is 0 Å². The lowest BCUT2D eigenvalue weighted by atomic mass is 9.94. The summed E-state index contributed by atoms with van der Waals surface area (Å²) in [5.74, 6) is 0.0870. The minimum Gasteiger partial charge on any atom is -0.369 e. The Kier molecular flexibility index (Phi) is 6.41. The number of rotatable bonds is 5. The van der Waals surface area contributed by atoms with E-state index in [1.54, 1.807) is 13.0 Å². The molecule has 0 saturated heterocycles. The van der Waals surface area contributed by atoms with Gasteiger partial charge in [0, 0.05) is 10.4 Å². The van der Waals surface area contributed by atoms with Crippen molar-refractivity contribution >= 4 is 22.2 Å². The molecule has 0 saturated carbocycles. The highest BCUT2D eigenvalue weighted by molar-refractivity contribution is 9.10. The molecule has 0 N–H and O–H groups in total. The van der Waals surface area contributed by atoms with E-state index >= 15 is 0 Å². The number of halogens is 4. The molecule has 1 aromatic rings. The zero-order valence-electron chi connectivity index (χ0n) is 13.8. The van der Waals surface area contributed by atoms with Crippen LogP contribution in [0.3, 0.4) is 0 Å². The number of hydrogen-bond donors (Lipinski definition) is 0. The second kappa shape index (κ2) is 8.15. The van der Waals surface area contributed by atoms with Crippen LogP contribution in [0.2, 0.25) is 0 Å². The fourth-order valence-corrected chi connectivity index (χ4v) is 2.96. The Bertz CT molecular complexity index is 733. The topological polar surface area (TPSA) is 26.3 Å². The maximum atomic E-state index is 12.7. The third-order valence-electron chi connectivity index (χ3n) is 3.84. The van der Waals surface area contributed by atoms with E-state index in [1.165, 1.54) is 6.07 Å². The van der Waals surface area contributed by atoms with Crippen molar-refractivity contribution in [2.45, 2.75) is 32.7 Å². The minimum absolute atomic E-state index is 0.0870. The third kappa shape index (κ3) is 5.41. The first kappa shape index (κ1) is 19.7. The summed E-state index contributed by atoms with van der Waals surface area (Å²) in [5.41, 5.74) is 1.53. The normalized spacial score (nSPS) is 21.2. The van der Waals surface area contributed by atoms with Crippen molar-refractivity contribution in [2.75, 3.05) is 0 Å². The fourth-order valence-electron chi connectivity index (χ4n) is 2.46. The van der Waals surface area contributed by atoms with Crippen molar-refractivity contribution < 1.29 is 22.7 Å². The Morgan fingerprint density at radius 1 is 1.36 bits per heavy atom. The molecule has 1 aliphatic carbocycles. The van der Waals surface area contributed by atoms with Crippen LogP contribution in [0.5, 0.6) is 0 Å². The standard InChI is InChI=1S/C19H18BrF3O2/c1-12(10-24)7-14-3-6-18(13(2)8-14)25-11-15-4-5-16(9-17(15)20)19(21,22)23/h3-10,13,18H,11H2,1-2H3/t13-,18?/m0/s1. The molecule has 0 heterocycles. The molecule has 0 aromatic heterocycles. The van der Waals surface area contributed by atoms with Crippen LogP contribution in [0.15, 0.2) is 58.1 Å². The summed E-state index contributed by atoms with van der Waals surface area (Å²) in [4.78, 5) is 10.7. The van der Waals surface area contributed by atoms with Gasteiger partial charge in [0.1, 0.15) is 6.29 Å². The van der Waals surface area contributed by atoms with Gasteiger partial charge < -0.3 is 4.74 Å². The maximum Gasteiger partial charge on any atom is 0.416 e. The van der Waals surface area contributed by atoms with Crippen molar-refractivity contribution in [3.63, 3.8) is 0 Å². The third-order valence-corrected chi connectivity index (χ3v) is 4.58. The molecule has 0 radical (unpaired) electrons. The summed E-state index contributed by atoms with van der Waals surface area (Å²) in [6, 6.07) is 3.53. The quantitative estimate of drug-likeness (QED) is 0.460. The van der Waals surface area contributed by atoms with Crippen molar-refractivity contribution in [3.05, 3.63) is 69.2 Å². The Hall–Kier alpha value is -1.66. The van der Waals surface area contributed by atoms with E-state index in [1.807, 2.05) is 25.2 Å². The number of allylic oxidation sites excluding steroid dienone is 4. The minimum atomic E-state index is -4.36. The van der Waals surface area contributed by atoms with Crippen LogP contribution in [0.25, 0.3) is 0 Å². The van der Waals surface area contributed by atoms with Crippen molar-refractivity contribution in [2.24, 2.45) is 5.92 Å². The zero-order valence-corrected chi connectivity index (χ0v) is 15.4. The second-order valence-corrected chi connectivity index (χ2v) is 6.83. The molecular weight excluding hydrogens is 397 g/mol. The lowest BCUT2D eigenvalue weighted by Crippen LogP contribution is -2.20. The largest absolute Gasteiger partial charge is 0.416 e. The average molecular weight is 415 g/mol. The van der Waals surface area contributed by atoms with Gasteiger partial charge in [0.25, 0.3) is 0 Å². The SMILES string of the molecule is CC(C=O)=CC1=C[C@H](C)C(OCc2ccc(C(F)(F)F)cc2Br)C=C1. The van der Waals surface area contributed by atoms with Crippen LogP contribution in [-0.4, -0.2) is 12.4 Å². The molecule has 0 amide bonds. The lowest BCUT2D eigenvalue weighted by Gasteiger charge is -2.23. The van der Waals surface area contributed by atoms with E-state index < -0.39 is 11.7 Å². The number of carbonyl (C=O) groups is 1. The summed E-state index contributed by atoms with van der Waals surface area (Å²) in [6.45, 7) is 3.92. The van der Waals surface area contributed by atoms with E-state index in [9.17, 15) is 18.0 Å². The number of alkyl halides is 3. The number of hydrogen-bond acceptors (Lipinski definition) is 2. The molecule has 2 nitrogen and oxygen atoms in total. The van der Waals surface area contributed by atoms with Gasteiger partial charge in [0.2, 0.25) is 0 Å². The molecule has 2 rings (SSSR count). The van der Waals surface area contributed by atoms with Crippen molar-refractivity contribution in [1.29, 1.82) is 0 Å². The molecule has 1 aromatic carbocycles. The lowest BCUT2D eigenvalue weighted by molar-refractivity contribution is -0.137. The first-order valence-corrected chi connectivity index (χ1v) is 8.50. The van der Waals surface area contributed by atoms with Gasteiger partial charge in [-0.2, -0.15) is 13.2 Å². The van der Waals surface area contributed by atoms with E-state index in [0.29, 0.717) is 15.6 Å². The molecule has 0 spiro atoms. The van der Waals surface area contributed by atoms with E-state index in [0.717, 1.165) is 24.0 Å². The molecule has 25 heavy (non-hydrogen) atoms. The van der Waals surface area contributed by atoms with Crippen LogP contribution in [0, 0.1) is 5.92 Å². The highest BCUT2D eigenvalue weighted by Crippen LogP contribution is 2.32. The van der Waals surface area contributed by atoms with Gasteiger partial charge in [-0.1, -0.05) is 47.1 Å². The molecule has 0 bridgehead atoms. The predicted octanol–water partition coefficient (Wildman–Crippen LogP) is 5.63. The first-order valence-electron chi connectivity index (χ1n) is 7.71. The van der Waals surface area contributed by atoms with Crippen LogP contribution in [-0.2, 0) is 22.3 Å². The molecule has 1 aliphatic rings. The molecular formula is C19H18BrF3O2. The number of ether oxygens (including phenoxy) is 1. The zero-order chi connectivity index (χ0) is 18.6. The molecule has 0 aliphatic heterocycles. The number of aldehydes is 1. The van der Waals surface area contributed by atoms with Gasteiger partial charge in [-0.15, -0.1) is 0 Å². The molecule has 2 atom stereocenters. The first-order chi connectivity index (χ1) is 11.7. The Morgan fingerprint density at radius 2 is 2.08 bits per heavy atom. The molecule has 6 heteroatoms. The molecule has 1 unspecified atom stereocenters. The Morgan fingerprint density at radius 3 is 2.64 bits per heavy atom. The summed E-state index contributed by atoms with van der Waals surface area (Å²) in [6.07, 6.45) is 3.82. The van der Waals surface area contributed by atoms with Gasteiger partial charge >= 0.3 is 6.18 Å². The number of benzene rings is 1. The fraction of sp³-hybridized carbons (Fsp3) is 0.316. The van der Waals surface area contributed by atoms with E-state index in [-0.39, 0.29) is 18.6 Å². The van der Waals surface area contributed by atoms with Gasteiger partial charge in [-0.05, 0) is 41.8 Å².